The first-order valence-corrected chi connectivity index (χ1v) is 11.3. The molecule has 2 aromatic carbocycles. The molecule has 0 saturated carbocycles. The number of nitrogens with zero attached hydrogens (tertiary/aromatic N) is 2. The van der Waals surface area contributed by atoms with Gasteiger partial charge in [0, 0.05) is 31.0 Å². The summed E-state index contributed by atoms with van der Waals surface area (Å²) in [4.78, 5) is 53.1. The molecule has 8 heteroatoms. The lowest BCUT2D eigenvalue weighted by Crippen LogP contribution is -2.46. The Morgan fingerprint density at radius 3 is 2.44 bits per heavy atom. The van der Waals surface area contributed by atoms with E-state index in [1.54, 1.807) is 24.3 Å². The summed E-state index contributed by atoms with van der Waals surface area (Å²) in [5, 5.41) is 0. The number of carbonyl (C=O) groups is 4. The minimum Gasteiger partial charge on any atom is -0.427 e. The van der Waals surface area contributed by atoms with Crippen molar-refractivity contribution in [3.8, 4) is 0 Å². The quantitative estimate of drug-likeness (QED) is 0.624. The molecule has 1 fully saturated rings. The van der Waals surface area contributed by atoms with E-state index in [9.17, 15) is 23.6 Å². The van der Waals surface area contributed by atoms with Gasteiger partial charge in [0.1, 0.15) is 18.1 Å². The summed E-state index contributed by atoms with van der Waals surface area (Å²) in [5.41, 5.74) is 1.64. The molecule has 0 N–H and O–H groups in total. The van der Waals surface area contributed by atoms with E-state index >= 15 is 0 Å². The predicted octanol–water partition coefficient (Wildman–Crippen LogP) is 3.51. The van der Waals surface area contributed by atoms with E-state index in [0.717, 1.165) is 21.6 Å². The van der Waals surface area contributed by atoms with Crippen molar-refractivity contribution in [2.24, 2.45) is 0 Å². The normalized spacial score (nSPS) is 19.0. The van der Waals surface area contributed by atoms with Crippen molar-refractivity contribution in [1.82, 2.24) is 9.80 Å². The molecule has 2 aliphatic rings. The molecule has 178 valence electrons. The molecule has 0 radical (unpaired) electrons. The predicted molar refractivity (Wildman–Crippen MR) is 121 cm³/mol. The lowest BCUT2D eigenvalue weighted by Gasteiger charge is -2.28. The smallest absolute Gasteiger partial charge is 0.418 e. The number of fused-ring (bicyclic) bond motifs is 2. The van der Waals surface area contributed by atoms with Gasteiger partial charge in [-0.05, 0) is 56.0 Å². The van der Waals surface area contributed by atoms with Crippen LogP contribution in [0.15, 0.2) is 42.5 Å². The number of benzene rings is 2. The van der Waals surface area contributed by atoms with Crippen LogP contribution >= 0.6 is 0 Å². The first-order chi connectivity index (χ1) is 16.1. The fourth-order valence-electron chi connectivity index (χ4n) is 4.68. The number of Topliss-reactive ketones (excluding diaryl/α,β-unsaturated/α-hetero) is 1. The minimum atomic E-state index is -1.43. The third-order valence-electron chi connectivity index (χ3n) is 6.38. The number of aryl methyl sites for hydroxylation is 1. The summed E-state index contributed by atoms with van der Waals surface area (Å²) in [5.74, 6) is -1.28. The molecule has 1 atom stereocenters. The Bertz CT molecular complexity index is 1160. The van der Waals surface area contributed by atoms with Crippen molar-refractivity contribution < 1.29 is 28.3 Å². The van der Waals surface area contributed by atoms with Crippen LogP contribution in [0, 0.1) is 5.82 Å². The molecule has 3 amide bonds. The van der Waals surface area contributed by atoms with Gasteiger partial charge in [-0.2, -0.15) is 0 Å². The zero-order valence-corrected chi connectivity index (χ0v) is 19.5. The second kappa shape index (κ2) is 9.00. The molecule has 1 saturated heterocycles. The van der Waals surface area contributed by atoms with Gasteiger partial charge in [-0.1, -0.05) is 30.3 Å². The molecule has 1 aliphatic carbocycles. The van der Waals surface area contributed by atoms with Crippen LogP contribution in [0.4, 0.5) is 9.18 Å². The summed E-state index contributed by atoms with van der Waals surface area (Å²) < 4.78 is 18.8. The van der Waals surface area contributed by atoms with E-state index in [4.69, 9.17) is 4.74 Å². The molecule has 2 aromatic rings. The van der Waals surface area contributed by atoms with Crippen molar-refractivity contribution in [2.75, 3.05) is 6.54 Å². The van der Waals surface area contributed by atoms with E-state index in [1.807, 2.05) is 19.9 Å². The topological polar surface area (TPSA) is 84.0 Å². The Hall–Kier alpha value is -3.55. The summed E-state index contributed by atoms with van der Waals surface area (Å²) in [7, 11) is 0. The number of carbonyl (C=O) groups excluding carboxylic acids is 4. The summed E-state index contributed by atoms with van der Waals surface area (Å²) in [6.45, 7) is 4.97. The summed E-state index contributed by atoms with van der Waals surface area (Å²) in [6.07, 6.45) is 0.285. The minimum absolute atomic E-state index is 0.0380. The highest BCUT2D eigenvalue weighted by atomic mass is 19.1. The molecule has 1 spiro atoms. The number of hydrogen-bond acceptors (Lipinski definition) is 5. The maximum absolute atomic E-state index is 13.4. The van der Waals surface area contributed by atoms with Gasteiger partial charge in [-0.15, -0.1) is 0 Å². The highest BCUT2D eigenvalue weighted by Crippen LogP contribution is 2.45. The number of ether oxygens (including phenoxy) is 1. The largest absolute Gasteiger partial charge is 0.427 e. The molecular weight excluding hydrogens is 439 g/mol. The number of hydrogen-bond donors (Lipinski definition) is 0. The van der Waals surface area contributed by atoms with Crippen LogP contribution in [-0.4, -0.2) is 46.1 Å². The van der Waals surface area contributed by atoms with Crippen molar-refractivity contribution in [2.45, 2.75) is 58.2 Å². The Morgan fingerprint density at radius 1 is 1.12 bits per heavy atom. The van der Waals surface area contributed by atoms with Gasteiger partial charge < -0.3 is 9.64 Å². The fraction of sp³-hybridized carbons (Fsp3) is 0.385. The van der Waals surface area contributed by atoms with Crippen molar-refractivity contribution in [3.63, 3.8) is 0 Å². The molecule has 1 aliphatic heterocycles. The average molecular weight is 467 g/mol. The Kier molecular flexibility index (Phi) is 6.25. The monoisotopic (exact) mass is 466 g/mol. The molecule has 0 bridgehead atoms. The van der Waals surface area contributed by atoms with Crippen molar-refractivity contribution in [1.29, 1.82) is 0 Å². The third kappa shape index (κ3) is 4.32. The lowest BCUT2D eigenvalue weighted by molar-refractivity contribution is -0.142. The molecular formula is C26H27FN2O5. The van der Waals surface area contributed by atoms with E-state index in [1.165, 1.54) is 24.0 Å². The second-order valence-corrected chi connectivity index (χ2v) is 9.20. The summed E-state index contributed by atoms with van der Waals surface area (Å²) in [6, 6.07) is 11.0. The standard InChI is InChI=1S/C26H27FN2O5/c1-16(2)28(14-18-4-7-21(27)8-5-18)23(31)15-29-24(32)26(34-25(29)33)11-10-20-13-19(12-17(3)30)6-9-22(20)26/h4-9,13,16H,10-12,14-15H2,1-3H3/t26-/m1/s1. The average Bonchev–Trinajstić information content (AvgIpc) is 3.25. The molecule has 34 heavy (non-hydrogen) atoms. The van der Waals surface area contributed by atoms with E-state index in [2.05, 4.69) is 0 Å². The Labute approximate surface area is 197 Å². The maximum Gasteiger partial charge on any atom is 0.418 e. The first kappa shape index (κ1) is 23.6. The van der Waals surface area contributed by atoms with Crippen LogP contribution < -0.4 is 0 Å². The zero-order chi connectivity index (χ0) is 24.6. The third-order valence-corrected chi connectivity index (χ3v) is 6.38. The van der Waals surface area contributed by atoms with E-state index in [0.29, 0.717) is 24.8 Å². The van der Waals surface area contributed by atoms with Crippen LogP contribution in [0.1, 0.15) is 49.4 Å². The highest BCUT2D eigenvalue weighted by Gasteiger charge is 2.58. The number of imide groups is 1. The van der Waals surface area contributed by atoms with Crippen LogP contribution in [0.5, 0.6) is 0 Å². The SMILES string of the molecule is CC(=O)Cc1ccc2c(c1)CC[C@@]21OC(=O)N(CC(=O)N(Cc2ccc(F)cc2)C(C)C)C1=O. The number of halogens is 1. The van der Waals surface area contributed by atoms with Crippen molar-refractivity contribution in [3.05, 3.63) is 70.5 Å². The van der Waals surface area contributed by atoms with Crippen LogP contribution in [0.3, 0.4) is 0 Å². The number of amides is 3. The maximum atomic E-state index is 13.4. The molecule has 1 heterocycles. The number of rotatable bonds is 7. The molecule has 0 unspecified atom stereocenters. The number of ketones is 1. The molecule has 7 nitrogen and oxygen atoms in total. The van der Waals surface area contributed by atoms with Crippen LogP contribution in [0.2, 0.25) is 0 Å². The summed E-state index contributed by atoms with van der Waals surface area (Å²) >= 11 is 0. The van der Waals surface area contributed by atoms with E-state index in [-0.39, 0.29) is 24.2 Å². The van der Waals surface area contributed by atoms with Gasteiger partial charge in [0.25, 0.3) is 5.91 Å². The van der Waals surface area contributed by atoms with Crippen molar-refractivity contribution >= 4 is 23.7 Å². The Balaban J connectivity index is 1.52. The highest BCUT2D eigenvalue weighted by molar-refractivity contribution is 6.06. The lowest BCUT2D eigenvalue weighted by atomic mass is 9.93. The first-order valence-electron chi connectivity index (χ1n) is 11.3. The fourth-order valence-corrected chi connectivity index (χ4v) is 4.68. The van der Waals surface area contributed by atoms with Crippen LogP contribution in [0.25, 0.3) is 0 Å². The van der Waals surface area contributed by atoms with Gasteiger partial charge in [0.2, 0.25) is 11.5 Å². The van der Waals surface area contributed by atoms with Gasteiger partial charge in [0.15, 0.2) is 0 Å². The van der Waals surface area contributed by atoms with Crippen LogP contribution in [-0.2, 0) is 44.1 Å². The van der Waals surface area contributed by atoms with Gasteiger partial charge >= 0.3 is 6.09 Å². The van der Waals surface area contributed by atoms with E-state index < -0.39 is 30.1 Å². The van der Waals surface area contributed by atoms with Gasteiger partial charge in [0.05, 0.1) is 0 Å². The zero-order valence-electron chi connectivity index (χ0n) is 19.5. The Morgan fingerprint density at radius 2 is 1.79 bits per heavy atom. The molecule has 0 aromatic heterocycles. The molecule has 4 rings (SSSR count). The van der Waals surface area contributed by atoms with Gasteiger partial charge in [-0.25, -0.2) is 14.1 Å². The van der Waals surface area contributed by atoms with Gasteiger partial charge in [-0.3, -0.25) is 14.4 Å². The second-order valence-electron chi connectivity index (χ2n) is 9.20.